The van der Waals surface area contributed by atoms with Crippen LogP contribution in [0.3, 0.4) is 0 Å². The van der Waals surface area contributed by atoms with E-state index in [4.69, 9.17) is 4.74 Å². The van der Waals surface area contributed by atoms with Crippen molar-refractivity contribution in [3.63, 3.8) is 0 Å². The Morgan fingerprint density at radius 1 is 1.05 bits per heavy atom. The molecule has 0 spiro atoms. The molecule has 0 bridgehead atoms. The number of ether oxygens (including phenoxy) is 1. The molecule has 0 saturated carbocycles. The Labute approximate surface area is 124 Å². The van der Waals surface area contributed by atoms with Crippen molar-refractivity contribution in [3.05, 3.63) is 30.3 Å². The first-order valence-electron chi connectivity index (χ1n) is 7.75. The summed E-state index contributed by atoms with van der Waals surface area (Å²) in [4.78, 5) is 0. The summed E-state index contributed by atoms with van der Waals surface area (Å²) in [6, 6.07) is 10.8. The molecule has 2 unspecified atom stereocenters. The first kappa shape index (κ1) is 15.1. The van der Waals surface area contributed by atoms with Gasteiger partial charge in [0.1, 0.15) is 0 Å². The summed E-state index contributed by atoms with van der Waals surface area (Å²) in [5.74, 6) is 0. The zero-order valence-electron chi connectivity index (χ0n) is 12.0. The fourth-order valence-corrected chi connectivity index (χ4v) is 4.87. The van der Waals surface area contributed by atoms with Crippen molar-refractivity contribution in [1.82, 2.24) is 0 Å². The van der Waals surface area contributed by atoms with E-state index < -0.39 is 0 Å². The van der Waals surface area contributed by atoms with E-state index in [0.29, 0.717) is 26.1 Å². The summed E-state index contributed by atoms with van der Waals surface area (Å²) < 4.78 is 7.68. The van der Waals surface area contributed by atoms with Crippen LogP contribution < -0.4 is 4.46 Å². The van der Waals surface area contributed by atoms with Crippen LogP contribution in [0.15, 0.2) is 30.3 Å². The second-order valence-electron chi connectivity index (χ2n) is 5.40. The molecule has 0 N–H and O–H groups in total. The quantitative estimate of drug-likeness (QED) is 0.521. The van der Waals surface area contributed by atoms with E-state index in [-0.39, 0.29) is 0 Å². The Kier molecular flexibility index (Phi) is 6.98. The molecule has 1 saturated heterocycles. The molecule has 1 heterocycles. The van der Waals surface area contributed by atoms with Gasteiger partial charge in [0.15, 0.2) is 0 Å². The Hall–Kier alpha value is -0.301. The van der Waals surface area contributed by atoms with Gasteiger partial charge in [-0.2, -0.15) is 0 Å². The molecule has 2 rings (SSSR count). The molecule has 2 atom stereocenters. The molecule has 0 amide bonds. The van der Waals surface area contributed by atoms with Gasteiger partial charge in [-0.3, -0.25) is 0 Å². The second kappa shape index (κ2) is 8.79. The zero-order chi connectivity index (χ0) is 13.3. The average Bonchev–Trinajstić information content (AvgIpc) is 2.87. The first-order chi connectivity index (χ1) is 9.38. The third-order valence-corrected chi connectivity index (χ3v) is 6.13. The number of unbranched alkanes of at least 4 members (excludes halogenated alkanes) is 4. The van der Waals surface area contributed by atoms with E-state index in [1.807, 2.05) is 0 Å². The van der Waals surface area contributed by atoms with Crippen molar-refractivity contribution < 1.29 is 4.74 Å². The van der Waals surface area contributed by atoms with E-state index in [9.17, 15) is 0 Å². The van der Waals surface area contributed by atoms with Gasteiger partial charge >= 0.3 is 124 Å². The topological polar surface area (TPSA) is 9.23 Å². The monoisotopic (exact) mass is 326 g/mol. The summed E-state index contributed by atoms with van der Waals surface area (Å²) >= 11 is 0.498. The van der Waals surface area contributed by atoms with Crippen molar-refractivity contribution in [2.24, 2.45) is 0 Å². The van der Waals surface area contributed by atoms with Crippen molar-refractivity contribution >= 4 is 19.4 Å². The summed E-state index contributed by atoms with van der Waals surface area (Å²) in [7, 11) is 0. The maximum atomic E-state index is 6.20. The van der Waals surface area contributed by atoms with Crippen LogP contribution >= 0.6 is 0 Å². The Morgan fingerprint density at radius 3 is 2.63 bits per heavy atom. The van der Waals surface area contributed by atoms with Crippen molar-refractivity contribution in [1.29, 1.82) is 0 Å². The fourth-order valence-electron chi connectivity index (χ4n) is 2.60. The molecule has 1 aliphatic rings. The van der Waals surface area contributed by atoms with Crippen LogP contribution in [0.2, 0.25) is 0 Å². The molecule has 1 aromatic rings. The fraction of sp³-hybridized carbons (Fsp3) is 0.647. The Bertz CT molecular complexity index is 338. The summed E-state index contributed by atoms with van der Waals surface area (Å²) in [5.41, 5.74) is 0. The van der Waals surface area contributed by atoms with E-state index >= 15 is 0 Å². The summed E-state index contributed by atoms with van der Waals surface area (Å²) in [6.07, 6.45) is 11.3. The predicted octanol–water partition coefficient (Wildman–Crippen LogP) is 3.88. The van der Waals surface area contributed by atoms with Crippen LogP contribution in [0.4, 0.5) is 0 Å². The van der Waals surface area contributed by atoms with Gasteiger partial charge in [0.2, 0.25) is 0 Å². The van der Waals surface area contributed by atoms with Gasteiger partial charge in [-0.25, -0.2) is 0 Å². The standard InChI is InChI=1S/C17H26OSe/c1-2-3-4-5-7-10-15-13-14-17(18-15)19-16-11-8-6-9-12-16/h6,8-9,11-12,15,17H,2-5,7,10,13-14H2,1H3. The van der Waals surface area contributed by atoms with E-state index in [0.717, 1.165) is 0 Å². The number of hydrogen-bond acceptors (Lipinski definition) is 1. The van der Waals surface area contributed by atoms with Crippen molar-refractivity contribution in [3.8, 4) is 0 Å². The molecule has 19 heavy (non-hydrogen) atoms. The molecule has 0 radical (unpaired) electrons. The zero-order valence-corrected chi connectivity index (χ0v) is 13.7. The van der Waals surface area contributed by atoms with Crippen LogP contribution in [0.25, 0.3) is 0 Å². The van der Waals surface area contributed by atoms with Gasteiger partial charge in [0, 0.05) is 0 Å². The number of rotatable bonds is 8. The minimum absolute atomic E-state index is 0.498. The Balaban J connectivity index is 1.60. The third-order valence-electron chi connectivity index (χ3n) is 3.71. The molecule has 106 valence electrons. The van der Waals surface area contributed by atoms with Crippen LogP contribution in [0.5, 0.6) is 0 Å². The molecule has 2 heteroatoms. The number of hydrogen-bond donors (Lipinski definition) is 0. The molecule has 1 aliphatic heterocycles. The molecule has 0 aromatic heterocycles. The SMILES string of the molecule is CCCCCCCC1CCC([Se]c2ccccc2)O1. The summed E-state index contributed by atoms with van der Waals surface area (Å²) in [6.45, 7) is 2.27. The van der Waals surface area contributed by atoms with Crippen LogP contribution in [0.1, 0.15) is 58.3 Å². The van der Waals surface area contributed by atoms with Gasteiger partial charge in [-0.15, -0.1) is 0 Å². The van der Waals surface area contributed by atoms with Gasteiger partial charge in [-0.05, 0) is 0 Å². The van der Waals surface area contributed by atoms with Gasteiger partial charge < -0.3 is 0 Å². The summed E-state index contributed by atoms with van der Waals surface area (Å²) in [5, 5.41) is 0.524. The van der Waals surface area contributed by atoms with E-state index in [2.05, 4.69) is 37.3 Å². The molecule has 1 fully saturated rings. The normalized spacial score (nSPS) is 22.8. The van der Waals surface area contributed by atoms with E-state index in [1.165, 1.54) is 55.8 Å². The molecular formula is C17H26OSe. The van der Waals surface area contributed by atoms with E-state index in [1.54, 1.807) is 0 Å². The molecule has 0 aliphatic carbocycles. The van der Waals surface area contributed by atoms with Gasteiger partial charge in [-0.1, -0.05) is 0 Å². The Morgan fingerprint density at radius 2 is 1.84 bits per heavy atom. The minimum atomic E-state index is 0.498. The van der Waals surface area contributed by atoms with Gasteiger partial charge in [0.25, 0.3) is 0 Å². The molecular weight excluding hydrogens is 299 g/mol. The second-order valence-corrected chi connectivity index (χ2v) is 7.99. The number of benzene rings is 1. The van der Waals surface area contributed by atoms with Crippen LogP contribution in [-0.4, -0.2) is 26.1 Å². The van der Waals surface area contributed by atoms with Crippen molar-refractivity contribution in [2.75, 3.05) is 0 Å². The third kappa shape index (κ3) is 5.69. The molecule has 1 nitrogen and oxygen atoms in total. The molecule has 1 aromatic carbocycles. The van der Waals surface area contributed by atoms with Gasteiger partial charge in [0.05, 0.1) is 0 Å². The predicted molar refractivity (Wildman–Crippen MR) is 83.1 cm³/mol. The van der Waals surface area contributed by atoms with Crippen LogP contribution in [0, 0.1) is 0 Å². The first-order valence-corrected chi connectivity index (χ1v) is 9.60. The maximum absolute atomic E-state index is 6.20. The van der Waals surface area contributed by atoms with Crippen LogP contribution in [-0.2, 0) is 4.74 Å². The average molecular weight is 325 g/mol. The van der Waals surface area contributed by atoms with Crippen molar-refractivity contribution in [2.45, 2.75) is 69.4 Å².